The van der Waals surface area contributed by atoms with Gasteiger partial charge >= 0.3 is 0 Å². The zero-order valence-electron chi connectivity index (χ0n) is 8.00. The van der Waals surface area contributed by atoms with E-state index >= 15 is 0 Å². The lowest BCUT2D eigenvalue weighted by Gasteiger charge is -2.07. The maximum atomic E-state index is 4.21. The van der Waals surface area contributed by atoms with Crippen LogP contribution in [0.5, 0.6) is 0 Å². The highest BCUT2D eigenvalue weighted by molar-refractivity contribution is 7.99. The lowest BCUT2D eigenvalue weighted by Crippen LogP contribution is -1.97. The van der Waals surface area contributed by atoms with Crippen LogP contribution < -0.4 is 0 Å². The molecule has 0 aliphatic carbocycles. The number of benzene rings is 1. The predicted molar refractivity (Wildman–Crippen MR) is 61.5 cm³/mol. The molecule has 3 nitrogen and oxygen atoms in total. The first-order chi connectivity index (χ1) is 7.45. The molecule has 0 bridgehead atoms. The number of thioether (sulfide) groups is 1. The minimum Gasteiger partial charge on any atom is -0.277 e. The quantitative estimate of drug-likeness (QED) is 0.732. The summed E-state index contributed by atoms with van der Waals surface area (Å²) in [6.07, 6.45) is 4.15. The van der Waals surface area contributed by atoms with Crippen molar-refractivity contribution in [2.45, 2.75) is 5.16 Å². The molecule has 2 aromatic rings. The van der Waals surface area contributed by atoms with Crippen LogP contribution in [0.2, 0.25) is 0 Å². The highest BCUT2D eigenvalue weighted by Crippen LogP contribution is 2.26. The van der Waals surface area contributed by atoms with Crippen LogP contribution >= 0.6 is 11.8 Å². The first kappa shape index (κ1) is 8.73. The molecule has 1 aromatic heterocycles. The Morgan fingerprint density at radius 2 is 2.00 bits per heavy atom. The molecule has 0 N–H and O–H groups in total. The second-order valence-corrected chi connectivity index (χ2v) is 4.23. The van der Waals surface area contributed by atoms with E-state index < -0.39 is 0 Å². The Bertz CT molecular complexity index is 502. The van der Waals surface area contributed by atoms with E-state index in [-0.39, 0.29) is 0 Å². The SMILES string of the molecule is C1=Cn2c(nnc2-c2ccccc2)SC1. The van der Waals surface area contributed by atoms with E-state index in [0.717, 1.165) is 22.3 Å². The average Bonchev–Trinajstić information content (AvgIpc) is 2.74. The van der Waals surface area contributed by atoms with Crippen LogP contribution in [0.25, 0.3) is 17.6 Å². The molecule has 0 saturated heterocycles. The third-order valence-electron chi connectivity index (χ3n) is 2.26. The smallest absolute Gasteiger partial charge is 0.195 e. The Morgan fingerprint density at radius 3 is 2.87 bits per heavy atom. The summed E-state index contributed by atoms with van der Waals surface area (Å²) in [4.78, 5) is 0. The van der Waals surface area contributed by atoms with Gasteiger partial charge in [-0.1, -0.05) is 48.2 Å². The van der Waals surface area contributed by atoms with E-state index in [4.69, 9.17) is 0 Å². The fraction of sp³-hybridized carbons (Fsp3) is 0.0909. The largest absolute Gasteiger partial charge is 0.277 e. The van der Waals surface area contributed by atoms with Gasteiger partial charge in [0.15, 0.2) is 11.0 Å². The van der Waals surface area contributed by atoms with Gasteiger partial charge in [-0.25, -0.2) is 0 Å². The lowest BCUT2D eigenvalue weighted by atomic mass is 10.2. The summed E-state index contributed by atoms with van der Waals surface area (Å²) in [5.74, 6) is 1.89. The normalized spacial score (nSPS) is 13.9. The van der Waals surface area contributed by atoms with Gasteiger partial charge in [-0.3, -0.25) is 4.57 Å². The van der Waals surface area contributed by atoms with Gasteiger partial charge in [0, 0.05) is 17.5 Å². The van der Waals surface area contributed by atoms with Crippen LogP contribution in [0, 0.1) is 0 Å². The van der Waals surface area contributed by atoms with Crippen LogP contribution in [0.15, 0.2) is 41.6 Å². The van der Waals surface area contributed by atoms with E-state index in [2.05, 4.69) is 16.3 Å². The summed E-state index contributed by atoms with van der Waals surface area (Å²) in [6.45, 7) is 0. The summed E-state index contributed by atoms with van der Waals surface area (Å²) in [5.41, 5.74) is 1.10. The molecule has 0 atom stereocenters. The van der Waals surface area contributed by atoms with Crippen molar-refractivity contribution in [3.8, 4) is 11.4 Å². The summed E-state index contributed by atoms with van der Waals surface area (Å²) >= 11 is 1.71. The third-order valence-corrected chi connectivity index (χ3v) is 3.16. The fourth-order valence-corrected chi connectivity index (χ4v) is 2.28. The van der Waals surface area contributed by atoms with Crippen molar-refractivity contribution in [3.63, 3.8) is 0 Å². The molecule has 1 aliphatic rings. The minimum absolute atomic E-state index is 0.911. The average molecular weight is 215 g/mol. The summed E-state index contributed by atoms with van der Waals surface area (Å²) < 4.78 is 2.03. The highest BCUT2D eigenvalue weighted by Gasteiger charge is 2.13. The molecular weight excluding hydrogens is 206 g/mol. The molecule has 0 radical (unpaired) electrons. The highest BCUT2D eigenvalue weighted by atomic mass is 32.2. The fourth-order valence-electron chi connectivity index (χ4n) is 1.56. The molecule has 0 spiro atoms. The second kappa shape index (κ2) is 3.55. The Balaban J connectivity index is 2.15. The van der Waals surface area contributed by atoms with Gasteiger partial charge in [-0.15, -0.1) is 10.2 Å². The van der Waals surface area contributed by atoms with Crippen LogP contribution in [0.4, 0.5) is 0 Å². The molecule has 1 aliphatic heterocycles. The van der Waals surface area contributed by atoms with Crippen molar-refractivity contribution >= 4 is 18.0 Å². The van der Waals surface area contributed by atoms with Gasteiger partial charge < -0.3 is 0 Å². The summed E-state index contributed by atoms with van der Waals surface area (Å²) in [5, 5.41) is 9.34. The standard InChI is InChI=1S/C11H9N3S/c1-2-5-9(6-3-1)10-12-13-11-14(10)7-4-8-15-11/h1-7H,8H2. The Kier molecular flexibility index (Phi) is 2.07. The molecule has 74 valence electrons. The molecule has 15 heavy (non-hydrogen) atoms. The molecule has 0 fully saturated rings. The number of nitrogens with zero attached hydrogens (tertiary/aromatic N) is 3. The van der Waals surface area contributed by atoms with E-state index in [0.29, 0.717) is 0 Å². The molecule has 4 heteroatoms. The summed E-state index contributed by atoms with van der Waals surface area (Å²) in [7, 11) is 0. The van der Waals surface area contributed by atoms with Gasteiger partial charge in [-0.2, -0.15) is 0 Å². The maximum absolute atomic E-state index is 4.21. The first-order valence-corrected chi connectivity index (χ1v) is 5.73. The van der Waals surface area contributed by atoms with Crippen LogP contribution in [-0.4, -0.2) is 20.5 Å². The Hall–Kier alpha value is -1.55. The van der Waals surface area contributed by atoms with Crippen molar-refractivity contribution in [2.24, 2.45) is 0 Å². The molecule has 0 unspecified atom stereocenters. The molecule has 2 heterocycles. The second-order valence-electron chi connectivity index (χ2n) is 3.24. The number of aromatic nitrogens is 3. The van der Waals surface area contributed by atoms with E-state index in [1.165, 1.54) is 0 Å². The van der Waals surface area contributed by atoms with Crippen LogP contribution in [-0.2, 0) is 0 Å². The van der Waals surface area contributed by atoms with Crippen molar-refractivity contribution in [2.75, 3.05) is 5.75 Å². The van der Waals surface area contributed by atoms with Gasteiger partial charge in [0.2, 0.25) is 0 Å². The lowest BCUT2D eigenvalue weighted by molar-refractivity contribution is 0.915. The van der Waals surface area contributed by atoms with Crippen LogP contribution in [0.1, 0.15) is 0 Å². The molecule has 0 amide bonds. The topological polar surface area (TPSA) is 30.7 Å². The van der Waals surface area contributed by atoms with Gasteiger partial charge in [0.1, 0.15) is 0 Å². The van der Waals surface area contributed by atoms with Crippen molar-refractivity contribution < 1.29 is 0 Å². The van der Waals surface area contributed by atoms with E-state index in [9.17, 15) is 0 Å². The van der Waals surface area contributed by atoms with Crippen molar-refractivity contribution in [1.82, 2.24) is 14.8 Å². The van der Waals surface area contributed by atoms with Gasteiger partial charge in [-0.05, 0) is 0 Å². The Morgan fingerprint density at radius 1 is 1.13 bits per heavy atom. The number of hydrogen-bond acceptors (Lipinski definition) is 3. The molecular formula is C11H9N3S. The van der Waals surface area contributed by atoms with E-state index in [1.807, 2.05) is 41.1 Å². The zero-order valence-corrected chi connectivity index (χ0v) is 8.81. The monoisotopic (exact) mass is 215 g/mol. The number of hydrogen-bond donors (Lipinski definition) is 0. The Labute approximate surface area is 91.8 Å². The van der Waals surface area contributed by atoms with Gasteiger partial charge in [0.25, 0.3) is 0 Å². The van der Waals surface area contributed by atoms with Crippen LogP contribution in [0.3, 0.4) is 0 Å². The van der Waals surface area contributed by atoms with E-state index in [1.54, 1.807) is 11.8 Å². The van der Waals surface area contributed by atoms with Crippen molar-refractivity contribution in [1.29, 1.82) is 0 Å². The zero-order chi connectivity index (χ0) is 10.1. The number of fused-ring (bicyclic) bond motifs is 1. The van der Waals surface area contributed by atoms with Gasteiger partial charge in [0.05, 0.1) is 0 Å². The molecule has 3 rings (SSSR count). The van der Waals surface area contributed by atoms with Crippen molar-refractivity contribution in [3.05, 3.63) is 36.4 Å². The minimum atomic E-state index is 0.911. The molecule has 1 aromatic carbocycles. The number of rotatable bonds is 1. The predicted octanol–water partition coefficient (Wildman–Crippen LogP) is 2.52. The third kappa shape index (κ3) is 1.47. The molecule has 0 saturated carbocycles. The summed E-state index contributed by atoms with van der Waals surface area (Å²) in [6, 6.07) is 10.1. The first-order valence-electron chi connectivity index (χ1n) is 4.75. The maximum Gasteiger partial charge on any atom is 0.195 e.